The van der Waals surface area contributed by atoms with Crippen LogP contribution in [0.25, 0.3) is 0 Å². The highest BCUT2D eigenvalue weighted by atomic mass is 14.6. The quantitative estimate of drug-likeness (QED) is 0.502. The Morgan fingerprint density at radius 2 is 2.00 bits per heavy atom. The summed E-state index contributed by atoms with van der Waals surface area (Å²) in [6, 6.07) is 0. The lowest BCUT2D eigenvalue weighted by atomic mass is 9.54. The van der Waals surface area contributed by atoms with Gasteiger partial charge in [0.25, 0.3) is 0 Å². The molecule has 0 amide bonds. The average molecular weight is 149 g/mol. The molecule has 1 heterocycles. The van der Waals surface area contributed by atoms with Crippen molar-refractivity contribution in [2.24, 2.45) is 11.8 Å². The van der Waals surface area contributed by atoms with E-state index >= 15 is 0 Å². The molecule has 1 saturated carbocycles. The SMILES string of the molecule is CCC1C(C)CC12[B]C2(C)C. The smallest absolute Gasteiger partial charge is 0.0673 e. The van der Waals surface area contributed by atoms with E-state index in [0.29, 0.717) is 10.6 Å². The summed E-state index contributed by atoms with van der Waals surface area (Å²) in [4.78, 5) is 0. The maximum absolute atomic E-state index is 2.58. The molecule has 61 valence electrons. The second-order valence-corrected chi connectivity index (χ2v) is 5.10. The first kappa shape index (κ1) is 7.70. The Balaban J connectivity index is 2.10. The van der Waals surface area contributed by atoms with Gasteiger partial charge in [0.2, 0.25) is 0 Å². The van der Waals surface area contributed by atoms with Crippen molar-refractivity contribution in [1.29, 1.82) is 0 Å². The highest BCUT2D eigenvalue weighted by Crippen LogP contribution is 2.82. The molecule has 2 fully saturated rings. The molecule has 2 aliphatic rings. The molecule has 1 radical (unpaired) electrons. The standard InChI is InChI=1S/C10H18B/c1-5-8-7(2)6-10(8)9(3,4)11-10/h7-8H,5-6H2,1-4H3. The van der Waals surface area contributed by atoms with Crippen molar-refractivity contribution in [3.05, 3.63) is 0 Å². The highest BCUT2D eigenvalue weighted by molar-refractivity contribution is 6.60. The predicted octanol–water partition coefficient (Wildman–Crippen LogP) is 3.13. The Morgan fingerprint density at radius 3 is 2.18 bits per heavy atom. The molecule has 11 heavy (non-hydrogen) atoms. The van der Waals surface area contributed by atoms with Gasteiger partial charge < -0.3 is 0 Å². The first-order valence-electron chi connectivity index (χ1n) is 4.90. The van der Waals surface area contributed by atoms with Crippen LogP contribution in [0.4, 0.5) is 0 Å². The molecule has 0 bridgehead atoms. The minimum absolute atomic E-state index is 0.570. The van der Waals surface area contributed by atoms with Crippen molar-refractivity contribution in [2.75, 3.05) is 0 Å². The van der Waals surface area contributed by atoms with Crippen LogP contribution in [-0.4, -0.2) is 7.28 Å². The van der Waals surface area contributed by atoms with Crippen LogP contribution in [0.3, 0.4) is 0 Å². The average Bonchev–Trinajstić information content (AvgIpc) is 2.37. The molecule has 3 unspecified atom stereocenters. The summed E-state index contributed by atoms with van der Waals surface area (Å²) in [7, 11) is 2.58. The van der Waals surface area contributed by atoms with Crippen molar-refractivity contribution < 1.29 is 0 Å². The normalized spacial score (nSPS) is 51.6. The molecule has 0 N–H and O–H groups in total. The molecule has 0 aromatic heterocycles. The van der Waals surface area contributed by atoms with Gasteiger partial charge in [-0.1, -0.05) is 51.2 Å². The maximum atomic E-state index is 2.58. The Labute approximate surface area is 71.0 Å². The molecule has 0 aromatic carbocycles. The van der Waals surface area contributed by atoms with Crippen molar-refractivity contribution in [3.8, 4) is 0 Å². The van der Waals surface area contributed by atoms with E-state index in [1.165, 1.54) is 12.8 Å². The first-order valence-corrected chi connectivity index (χ1v) is 4.90. The zero-order valence-corrected chi connectivity index (χ0v) is 8.15. The van der Waals surface area contributed by atoms with Crippen molar-refractivity contribution in [2.45, 2.75) is 51.2 Å². The van der Waals surface area contributed by atoms with Gasteiger partial charge in [-0.05, 0) is 11.8 Å². The molecular weight excluding hydrogens is 131 g/mol. The molecule has 1 aliphatic heterocycles. The minimum Gasteiger partial charge on any atom is -0.0673 e. The lowest BCUT2D eigenvalue weighted by molar-refractivity contribution is 0.112. The van der Waals surface area contributed by atoms with Crippen molar-refractivity contribution >= 4 is 7.28 Å². The lowest BCUT2D eigenvalue weighted by Crippen LogP contribution is -2.33. The Hall–Kier alpha value is 0.0649. The number of rotatable bonds is 1. The van der Waals surface area contributed by atoms with Gasteiger partial charge in [0, 0.05) is 0 Å². The Kier molecular flexibility index (Phi) is 1.30. The summed E-state index contributed by atoms with van der Waals surface area (Å²) in [5, 5.41) is 1.25. The summed E-state index contributed by atoms with van der Waals surface area (Å²) in [6.45, 7) is 9.52. The summed E-state index contributed by atoms with van der Waals surface area (Å²) in [5.74, 6) is 1.98. The molecule has 2 rings (SSSR count). The highest BCUT2D eigenvalue weighted by Gasteiger charge is 2.70. The van der Waals surface area contributed by atoms with Crippen LogP contribution in [0.2, 0.25) is 10.6 Å². The van der Waals surface area contributed by atoms with Crippen LogP contribution in [0.1, 0.15) is 40.5 Å². The van der Waals surface area contributed by atoms with Crippen LogP contribution in [0.15, 0.2) is 0 Å². The minimum atomic E-state index is 0.570. The van der Waals surface area contributed by atoms with E-state index < -0.39 is 0 Å². The third-order valence-corrected chi connectivity index (χ3v) is 4.18. The van der Waals surface area contributed by atoms with Gasteiger partial charge in [-0.3, -0.25) is 0 Å². The monoisotopic (exact) mass is 149 g/mol. The molecule has 1 spiro atoms. The predicted molar refractivity (Wildman–Crippen MR) is 50.1 cm³/mol. The van der Waals surface area contributed by atoms with Gasteiger partial charge >= 0.3 is 0 Å². The Morgan fingerprint density at radius 1 is 1.45 bits per heavy atom. The fraction of sp³-hybridized carbons (Fsp3) is 1.00. The summed E-state index contributed by atoms with van der Waals surface area (Å²) in [6.07, 6.45) is 2.83. The summed E-state index contributed by atoms with van der Waals surface area (Å²) in [5.41, 5.74) is 0. The van der Waals surface area contributed by atoms with E-state index in [2.05, 4.69) is 35.0 Å². The van der Waals surface area contributed by atoms with Gasteiger partial charge in [-0.25, -0.2) is 0 Å². The fourth-order valence-corrected chi connectivity index (χ4v) is 3.45. The van der Waals surface area contributed by atoms with Gasteiger partial charge in [-0.2, -0.15) is 0 Å². The second kappa shape index (κ2) is 1.86. The largest absolute Gasteiger partial charge is 0.125 e. The summed E-state index contributed by atoms with van der Waals surface area (Å²) >= 11 is 0. The molecule has 1 saturated heterocycles. The van der Waals surface area contributed by atoms with E-state index in [9.17, 15) is 0 Å². The first-order chi connectivity index (χ1) is 5.03. The molecule has 0 aromatic rings. The fourth-order valence-electron chi connectivity index (χ4n) is 3.45. The van der Waals surface area contributed by atoms with Crippen LogP contribution in [0, 0.1) is 11.8 Å². The molecule has 1 aliphatic carbocycles. The molecular formula is C10H18B. The third kappa shape index (κ3) is 0.724. The van der Waals surface area contributed by atoms with Gasteiger partial charge in [0.15, 0.2) is 0 Å². The van der Waals surface area contributed by atoms with E-state index in [1.54, 1.807) is 0 Å². The van der Waals surface area contributed by atoms with E-state index in [0.717, 1.165) is 11.8 Å². The van der Waals surface area contributed by atoms with Gasteiger partial charge in [-0.15, -0.1) is 0 Å². The topological polar surface area (TPSA) is 0 Å². The van der Waals surface area contributed by atoms with Crippen LogP contribution in [0.5, 0.6) is 0 Å². The van der Waals surface area contributed by atoms with Crippen LogP contribution in [-0.2, 0) is 0 Å². The third-order valence-electron chi connectivity index (χ3n) is 4.18. The summed E-state index contributed by atoms with van der Waals surface area (Å²) < 4.78 is 0. The Bertz CT molecular complexity index is 185. The molecule has 0 nitrogen and oxygen atoms in total. The zero-order valence-electron chi connectivity index (χ0n) is 8.15. The van der Waals surface area contributed by atoms with E-state index in [1.807, 2.05) is 0 Å². The van der Waals surface area contributed by atoms with Crippen LogP contribution >= 0.6 is 0 Å². The van der Waals surface area contributed by atoms with Gasteiger partial charge in [0.1, 0.15) is 7.28 Å². The number of hydrogen-bond donors (Lipinski definition) is 0. The van der Waals surface area contributed by atoms with Crippen molar-refractivity contribution in [1.82, 2.24) is 0 Å². The van der Waals surface area contributed by atoms with E-state index in [-0.39, 0.29) is 0 Å². The molecule has 1 heteroatoms. The zero-order chi connectivity index (χ0) is 8.28. The van der Waals surface area contributed by atoms with E-state index in [4.69, 9.17) is 0 Å². The molecule has 3 atom stereocenters. The van der Waals surface area contributed by atoms with Crippen molar-refractivity contribution in [3.63, 3.8) is 0 Å². The maximum Gasteiger partial charge on any atom is 0.125 e. The lowest BCUT2D eigenvalue weighted by Gasteiger charge is -2.47. The van der Waals surface area contributed by atoms with Crippen LogP contribution < -0.4 is 0 Å². The van der Waals surface area contributed by atoms with Gasteiger partial charge in [0.05, 0.1) is 0 Å². The second-order valence-electron chi connectivity index (χ2n) is 5.10. The number of hydrogen-bond acceptors (Lipinski definition) is 0.